The van der Waals surface area contributed by atoms with Crippen molar-refractivity contribution >= 4 is 29.8 Å². The van der Waals surface area contributed by atoms with E-state index in [4.69, 9.17) is 18.9 Å². The second kappa shape index (κ2) is 12.0. The minimum Gasteiger partial charge on any atom is -0.495 e. The molecule has 1 amide bonds. The summed E-state index contributed by atoms with van der Waals surface area (Å²) in [6, 6.07) is 13.4. The molecule has 1 N–H and O–H groups in total. The van der Waals surface area contributed by atoms with Crippen LogP contribution in [-0.4, -0.2) is 34.3 Å². The van der Waals surface area contributed by atoms with Crippen LogP contribution in [0.15, 0.2) is 60.7 Å². The van der Waals surface area contributed by atoms with E-state index in [0.717, 1.165) is 23.3 Å². The van der Waals surface area contributed by atoms with Crippen LogP contribution in [0.25, 0.3) is 18.2 Å². The lowest BCUT2D eigenvalue weighted by molar-refractivity contribution is -0.137. The van der Waals surface area contributed by atoms with E-state index in [-0.39, 0.29) is 0 Å². The summed E-state index contributed by atoms with van der Waals surface area (Å²) in [6.45, 7) is 0. The Kier molecular flexibility index (Phi) is 8.84. The lowest BCUT2D eigenvalue weighted by Crippen LogP contribution is -2.09. The molecular weight excluding hydrogens is 487 g/mol. The average molecular weight is 514 g/mol. The second-order valence-corrected chi connectivity index (χ2v) is 7.69. The fraction of sp³-hybridized carbons (Fsp3) is 0.179. The van der Waals surface area contributed by atoms with Crippen LogP contribution in [-0.2, 0) is 11.0 Å². The molecule has 0 saturated heterocycles. The largest absolute Gasteiger partial charge is 0.495 e. The third-order valence-electron chi connectivity index (χ3n) is 5.30. The molecular formula is C28H26F3NO5. The molecule has 3 aromatic carbocycles. The van der Waals surface area contributed by atoms with E-state index in [1.165, 1.54) is 52.7 Å². The Labute approximate surface area is 212 Å². The van der Waals surface area contributed by atoms with Gasteiger partial charge in [0.2, 0.25) is 11.7 Å². The third kappa shape index (κ3) is 7.07. The standard InChI is InChI=1S/C28H26F3NO5/c1-34-23-13-9-19(5-6-20-16-24(35-2)27(37-4)25(17-20)36-3)15-22(23)32-26(33)14-10-18-7-11-21(12-8-18)28(29,30)31/h5-17H,1-4H3,(H,32,33)/b6-5+,14-10+. The Morgan fingerprint density at radius 3 is 1.81 bits per heavy atom. The van der Waals surface area contributed by atoms with Gasteiger partial charge in [0.25, 0.3) is 0 Å². The normalized spacial score (nSPS) is 11.5. The molecule has 0 bridgehead atoms. The molecule has 0 heterocycles. The summed E-state index contributed by atoms with van der Waals surface area (Å²) < 4.78 is 59.6. The van der Waals surface area contributed by atoms with E-state index in [9.17, 15) is 18.0 Å². The molecule has 3 rings (SSSR count). The molecule has 0 aliphatic rings. The first-order valence-corrected chi connectivity index (χ1v) is 11.0. The SMILES string of the molecule is COc1ccc(/C=C/c2cc(OC)c(OC)c(OC)c2)cc1NC(=O)/C=C/c1ccc(C(F)(F)F)cc1. The van der Waals surface area contributed by atoms with Gasteiger partial charge in [-0.2, -0.15) is 13.2 Å². The van der Waals surface area contributed by atoms with Crippen LogP contribution >= 0.6 is 0 Å². The van der Waals surface area contributed by atoms with E-state index in [1.807, 2.05) is 18.2 Å². The maximum atomic E-state index is 12.7. The lowest BCUT2D eigenvalue weighted by Gasteiger charge is -2.13. The van der Waals surface area contributed by atoms with E-state index in [2.05, 4.69) is 5.32 Å². The Balaban J connectivity index is 1.77. The highest BCUT2D eigenvalue weighted by Gasteiger charge is 2.29. The smallest absolute Gasteiger partial charge is 0.416 e. The summed E-state index contributed by atoms with van der Waals surface area (Å²) >= 11 is 0. The molecule has 0 fully saturated rings. The van der Waals surface area contributed by atoms with Crippen molar-refractivity contribution in [3.8, 4) is 23.0 Å². The molecule has 0 radical (unpaired) electrons. The summed E-state index contributed by atoms with van der Waals surface area (Å²) in [7, 11) is 6.08. The zero-order valence-electron chi connectivity index (χ0n) is 20.7. The lowest BCUT2D eigenvalue weighted by atomic mass is 10.1. The van der Waals surface area contributed by atoms with Crippen LogP contribution in [0, 0.1) is 0 Å². The highest BCUT2D eigenvalue weighted by atomic mass is 19.4. The van der Waals surface area contributed by atoms with Crippen molar-refractivity contribution in [1.29, 1.82) is 0 Å². The number of nitrogens with one attached hydrogen (secondary N) is 1. The van der Waals surface area contributed by atoms with Gasteiger partial charge in [0.05, 0.1) is 39.7 Å². The minimum absolute atomic E-state index is 0.427. The predicted molar refractivity (Wildman–Crippen MR) is 137 cm³/mol. The summed E-state index contributed by atoms with van der Waals surface area (Å²) in [6.07, 6.45) is 1.94. The van der Waals surface area contributed by atoms with Crippen molar-refractivity contribution in [1.82, 2.24) is 0 Å². The Morgan fingerprint density at radius 1 is 0.703 bits per heavy atom. The molecule has 0 aliphatic heterocycles. The first-order valence-electron chi connectivity index (χ1n) is 11.0. The van der Waals surface area contributed by atoms with Crippen LogP contribution in [0.4, 0.5) is 18.9 Å². The first-order chi connectivity index (χ1) is 17.7. The monoisotopic (exact) mass is 513 g/mol. The third-order valence-corrected chi connectivity index (χ3v) is 5.30. The molecule has 0 aliphatic carbocycles. The number of halogens is 3. The van der Waals surface area contributed by atoms with Crippen molar-refractivity contribution in [2.75, 3.05) is 33.8 Å². The molecule has 37 heavy (non-hydrogen) atoms. The van der Waals surface area contributed by atoms with Gasteiger partial charge in [-0.1, -0.05) is 30.4 Å². The number of rotatable bonds is 9. The van der Waals surface area contributed by atoms with Gasteiger partial charge in [-0.25, -0.2) is 0 Å². The fourth-order valence-corrected chi connectivity index (χ4v) is 3.45. The quantitative estimate of drug-likeness (QED) is 0.259. The molecule has 9 heteroatoms. The molecule has 194 valence electrons. The van der Waals surface area contributed by atoms with Gasteiger partial charge in [0.1, 0.15) is 5.75 Å². The average Bonchev–Trinajstić information content (AvgIpc) is 2.89. The molecule has 0 unspecified atom stereocenters. The molecule has 6 nitrogen and oxygen atoms in total. The molecule has 0 spiro atoms. The maximum absolute atomic E-state index is 12.7. The van der Waals surface area contributed by atoms with Crippen LogP contribution in [0.5, 0.6) is 23.0 Å². The topological polar surface area (TPSA) is 66.0 Å². The summed E-state index contributed by atoms with van der Waals surface area (Å²) in [4.78, 5) is 12.5. The van der Waals surface area contributed by atoms with Crippen molar-refractivity contribution in [3.63, 3.8) is 0 Å². The molecule has 0 aromatic heterocycles. The van der Waals surface area contributed by atoms with Gasteiger partial charge in [-0.05, 0) is 59.2 Å². The molecule has 0 saturated carbocycles. The van der Waals surface area contributed by atoms with Crippen molar-refractivity contribution < 1.29 is 36.9 Å². The van der Waals surface area contributed by atoms with Gasteiger partial charge in [0.15, 0.2) is 11.5 Å². The second-order valence-electron chi connectivity index (χ2n) is 7.69. The molecule has 3 aromatic rings. The van der Waals surface area contributed by atoms with Gasteiger partial charge >= 0.3 is 6.18 Å². The Bertz CT molecular complexity index is 1270. The maximum Gasteiger partial charge on any atom is 0.416 e. The van der Waals surface area contributed by atoms with Crippen LogP contribution < -0.4 is 24.3 Å². The number of carbonyl (C=O) groups is 1. The summed E-state index contributed by atoms with van der Waals surface area (Å²) in [5.74, 6) is 1.50. The summed E-state index contributed by atoms with van der Waals surface area (Å²) in [5, 5.41) is 2.74. The van der Waals surface area contributed by atoms with E-state index < -0.39 is 17.6 Å². The van der Waals surface area contributed by atoms with Crippen LogP contribution in [0.2, 0.25) is 0 Å². The number of anilines is 1. The van der Waals surface area contributed by atoms with Crippen LogP contribution in [0.1, 0.15) is 22.3 Å². The number of hydrogen-bond acceptors (Lipinski definition) is 5. The van der Waals surface area contributed by atoms with Gasteiger partial charge in [-0.3, -0.25) is 4.79 Å². The number of carbonyl (C=O) groups excluding carboxylic acids is 1. The predicted octanol–water partition coefficient (Wildman–Crippen LogP) is 6.56. The first kappa shape index (κ1) is 27.2. The number of alkyl halides is 3. The zero-order chi connectivity index (χ0) is 27.0. The van der Waals surface area contributed by atoms with Crippen molar-refractivity contribution in [3.05, 3.63) is 82.9 Å². The Hall–Kier alpha value is -4.40. The molecule has 0 atom stereocenters. The van der Waals surface area contributed by atoms with Crippen molar-refractivity contribution in [2.45, 2.75) is 6.18 Å². The number of benzene rings is 3. The van der Waals surface area contributed by atoms with E-state index in [0.29, 0.717) is 34.2 Å². The highest BCUT2D eigenvalue weighted by molar-refractivity contribution is 6.03. The number of amides is 1. The fourth-order valence-electron chi connectivity index (χ4n) is 3.45. The van der Waals surface area contributed by atoms with Gasteiger partial charge in [0, 0.05) is 6.08 Å². The van der Waals surface area contributed by atoms with E-state index in [1.54, 1.807) is 24.3 Å². The van der Waals surface area contributed by atoms with E-state index >= 15 is 0 Å². The van der Waals surface area contributed by atoms with Crippen LogP contribution in [0.3, 0.4) is 0 Å². The van der Waals surface area contributed by atoms with Crippen molar-refractivity contribution in [2.24, 2.45) is 0 Å². The minimum atomic E-state index is -4.42. The summed E-state index contributed by atoms with van der Waals surface area (Å²) in [5.41, 5.74) is 1.70. The van der Waals surface area contributed by atoms with Gasteiger partial charge < -0.3 is 24.3 Å². The van der Waals surface area contributed by atoms with Gasteiger partial charge in [-0.15, -0.1) is 0 Å². The highest BCUT2D eigenvalue weighted by Crippen LogP contribution is 2.38. The zero-order valence-corrected chi connectivity index (χ0v) is 20.7. The number of ether oxygens (including phenoxy) is 4. The number of hydrogen-bond donors (Lipinski definition) is 1. The Morgan fingerprint density at radius 2 is 1.27 bits per heavy atom. The number of methoxy groups -OCH3 is 4.